The van der Waals surface area contributed by atoms with Gasteiger partial charge in [-0.25, -0.2) is 0 Å². The molecule has 1 atom stereocenters. The molecule has 0 N–H and O–H groups in total. The van der Waals surface area contributed by atoms with Gasteiger partial charge >= 0.3 is 12.1 Å². The van der Waals surface area contributed by atoms with Crippen LogP contribution in [-0.2, 0) is 15.7 Å². The van der Waals surface area contributed by atoms with Crippen molar-refractivity contribution in [3.05, 3.63) is 35.4 Å². The second-order valence-electron chi connectivity index (χ2n) is 4.66. The summed E-state index contributed by atoms with van der Waals surface area (Å²) in [7, 11) is 1.15. The lowest BCUT2D eigenvalue weighted by Gasteiger charge is -2.14. The number of hydrogen-bond acceptors (Lipinski definition) is 3. The number of Topliss-reactive ketones (excluding diaryl/α,β-unsaturated/α-hetero) is 1. The van der Waals surface area contributed by atoms with Crippen LogP contribution in [-0.4, -0.2) is 18.9 Å². The van der Waals surface area contributed by atoms with Crippen LogP contribution in [0.3, 0.4) is 0 Å². The molecule has 1 rings (SSSR count). The molecule has 0 aliphatic carbocycles. The fraction of sp³-hybridized carbons (Fsp3) is 0.467. The molecule has 1 aromatic carbocycles. The van der Waals surface area contributed by atoms with Crippen LogP contribution in [0.5, 0.6) is 0 Å². The van der Waals surface area contributed by atoms with Crippen LogP contribution < -0.4 is 0 Å². The highest BCUT2D eigenvalue weighted by Gasteiger charge is 2.33. The molecule has 0 fully saturated rings. The van der Waals surface area contributed by atoms with Gasteiger partial charge in [-0.1, -0.05) is 31.9 Å². The minimum absolute atomic E-state index is 0.128. The standard InChI is InChI=1S/C15H17F3O3/c1-3-4-8-12(14(20)21-2)13(19)10-6-5-7-11(9-10)15(16,17)18/h5-7,9,12H,3-4,8H2,1-2H3. The Morgan fingerprint density at radius 2 is 1.95 bits per heavy atom. The number of ether oxygens (including phenoxy) is 1. The Balaban J connectivity index is 3.06. The van der Waals surface area contributed by atoms with E-state index >= 15 is 0 Å². The highest BCUT2D eigenvalue weighted by Crippen LogP contribution is 2.30. The smallest absolute Gasteiger partial charge is 0.416 e. The first-order valence-corrected chi connectivity index (χ1v) is 6.60. The monoisotopic (exact) mass is 302 g/mol. The number of carbonyl (C=O) groups excluding carboxylic acids is 2. The van der Waals surface area contributed by atoms with Gasteiger partial charge in [0.15, 0.2) is 5.78 Å². The zero-order valence-electron chi connectivity index (χ0n) is 11.9. The molecule has 0 bridgehead atoms. The Bertz CT molecular complexity index is 509. The molecule has 0 saturated carbocycles. The number of unbranched alkanes of at least 4 members (excludes halogenated alkanes) is 1. The molecule has 0 amide bonds. The van der Waals surface area contributed by atoms with Crippen molar-refractivity contribution in [2.75, 3.05) is 7.11 Å². The minimum Gasteiger partial charge on any atom is -0.468 e. The van der Waals surface area contributed by atoms with Gasteiger partial charge in [0, 0.05) is 5.56 Å². The molecule has 6 heteroatoms. The van der Waals surface area contributed by atoms with E-state index in [1.165, 1.54) is 6.07 Å². The molecule has 0 radical (unpaired) electrons. The molecular weight excluding hydrogens is 285 g/mol. The van der Waals surface area contributed by atoms with Crippen LogP contribution in [0.4, 0.5) is 13.2 Å². The van der Waals surface area contributed by atoms with Crippen LogP contribution >= 0.6 is 0 Å². The van der Waals surface area contributed by atoms with Crippen LogP contribution in [0.15, 0.2) is 24.3 Å². The minimum atomic E-state index is -4.53. The Kier molecular flexibility index (Phi) is 5.93. The van der Waals surface area contributed by atoms with E-state index < -0.39 is 29.4 Å². The summed E-state index contributed by atoms with van der Waals surface area (Å²) in [5.74, 6) is -2.41. The molecular formula is C15H17F3O3. The van der Waals surface area contributed by atoms with Crippen LogP contribution in [0.2, 0.25) is 0 Å². The van der Waals surface area contributed by atoms with Crippen LogP contribution in [0.1, 0.15) is 42.1 Å². The fourth-order valence-electron chi connectivity index (χ4n) is 1.96. The van der Waals surface area contributed by atoms with Gasteiger partial charge in [-0.3, -0.25) is 9.59 Å². The molecule has 0 aliphatic rings. The number of carbonyl (C=O) groups is 2. The van der Waals surface area contributed by atoms with Gasteiger partial charge in [0.2, 0.25) is 0 Å². The lowest BCUT2D eigenvalue weighted by Crippen LogP contribution is -2.25. The Hall–Kier alpha value is -1.85. The van der Waals surface area contributed by atoms with Crippen molar-refractivity contribution in [1.29, 1.82) is 0 Å². The summed E-state index contributed by atoms with van der Waals surface area (Å²) in [5, 5.41) is 0. The van der Waals surface area contributed by atoms with E-state index in [9.17, 15) is 22.8 Å². The number of halogens is 3. The molecule has 0 saturated heterocycles. The Labute approximate surface area is 121 Å². The third-order valence-electron chi connectivity index (χ3n) is 3.12. The average Bonchev–Trinajstić information content (AvgIpc) is 2.46. The van der Waals surface area contributed by atoms with Crippen molar-refractivity contribution >= 4 is 11.8 Å². The van der Waals surface area contributed by atoms with E-state index in [1.54, 1.807) is 0 Å². The lowest BCUT2D eigenvalue weighted by atomic mass is 9.92. The number of ketones is 1. The molecule has 21 heavy (non-hydrogen) atoms. The van der Waals surface area contributed by atoms with Gasteiger partial charge in [0.05, 0.1) is 12.7 Å². The Morgan fingerprint density at radius 1 is 1.29 bits per heavy atom. The average molecular weight is 302 g/mol. The van der Waals surface area contributed by atoms with Gasteiger partial charge in [0.1, 0.15) is 5.92 Å². The van der Waals surface area contributed by atoms with E-state index in [-0.39, 0.29) is 12.0 Å². The topological polar surface area (TPSA) is 43.4 Å². The summed E-state index contributed by atoms with van der Waals surface area (Å²) in [4.78, 5) is 23.9. The highest BCUT2D eigenvalue weighted by atomic mass is 19.4. The summed E-state index contributed by atoms with van der Waals surface area (Å²) < 4.78 is 42.5. The third-order valence-corrected chi connectivity index (χ3v) is 3.12. The summed E-state index contributed by atoms with van der Waals surface area (Å²) in [6.45, 7) is 1.89. The summed E-state index contributed by atoms with van der Waals surface area (Å²) in [5.41, 5.74) is -1.04. The van der Waals surface area contributed by atoms with Crippen LogP contribution in [0, 0.1) is 5.92 Å². The number of rotatable bonds is 6. The van der Waals surface area contributed by atoms with Gasteiger partial charge in [-0.2, -0.15) is 13.2 Å². The second kappa shape index (κ2) is 7.24. The summed E-state index contributed by atoms with van der Waals surface area (Å²) >= 11 is 0. The van der Waals surface area contributed by atoms with E-state index in [4.69, 9.17) is 0 Å². The number of alkyl halides is 3. The van der Waals surface area contributed by atoms with Crippen molar-refractivity contribution in [2.45, 2.75) is 32.4 Å². The van der Waals surface area contributed by atoms with E-state index in [0.717, 1.165) is 31.7 Å². The number of esters is 1. The molecule has 3 nitrogen and oxygen atoms in total. The number of benzene rings is 1. The van der Waals surface area contributed by atoms with Crippen molar-refractivity contribution in [1.82, 2.24) is 0 Å². The van der Waals surface area contributed by atoms with Gasteiger partial charge < -0.3 is 4.74 Å². The Morgan fingerprint density at radius 3 is 2.48 bits per heavy atom. The normalized spacial score (nSPS) is 12.8. The molecule has 1 aromatic rings. The van der Waals surface area contributed by atoms with Crippen molar-refractivity contribution in [2.24, 2.45) is 5.92 Å². The molecule has 0 spiro atoms. The van der Waals surface area contributed by atoms with Crippen molar-refractivity contribution < 1.29 is 27.5 Å². The fourth-order valence-corrected chi connectivity index (χ4v) is 1.96. The first-order valence-electron chi connectivity index (χ1n) is 6.60. The van der Waals surface area contributed by atoms with Gasteiger partial charge in [-0.15, -0.1) is 0 Å². The van der Waals surface area contributed by atoms with E-state index in [1.807, 2.05) is 6.92 Å². The predicted octanol–water partition coefficient (Wildman–Crippen LogP) is 3.87. The highest BCUT2D eigenvalue weighted by molar-refractivity contribution is 6.08. The predicted molar refractivity (Wildman–Crippen MR) is 70.8 cm³/mol. The van der Waals surface area contributed by atoms with Crippen LogP contribution in [0.25, 0.3) is 0 Å². The number of hydrogen-bond donors (Lipinski definition) is 0. The van der Waals surface area contributed by atoms with Crippen molar-refractivity contribution in [3.8, 4) is 0 Å². The third kappa shape index (κ3) is 4.58. The maximum absolute atomic E-state index is 12.7. The molecule has 0 heterocycles. The molecule has 1 unspecified atom stereocenters. The summed E-state index contributed by atoms with van der Waals surface area (Å²) in [6, 6.07) is 4.09. The zero-order chi connectivity index (χ0) is 16.0. The second-order valence-corrected chi connectivity index (χ2v) is 4.66. The maximum atomic E-state index is 12.7. The van der Waals surface area contributed by atoms with Gasteiger partial charge in [0.25, 0.3) is 0 Å². The van der Waals surface area contributed by atoms with E-state index in [0.29, 0.717) is 6.42 Å². The first-order chi connectivity index (χ1) is 9.81. The summed E-state index contributed by atoms with van der Waals surface area (Å²) in [6.07, 6.45) is -2.88. The largest absolute Gasteiger partial charge is 0.468 e. The molecule has 0 aliphatic heterocycles. The maximum Gasteiger partial charge on any atom is 0.416 e. The van der Waals surface area contributed by atoms with Crippen molar-refractivity contribution in [3.63, 3.8) is 0 Å². The number of methoxy groups -OCH3 is 1. The van der Waals surface area contributed by atoms with Gasteiger partial charge in [-0.05, 0) is 18.6 Å². The first kappa shape index (κ1) is 17.2. The SMILES string of the molecule is CCCCC(C(=O)OC)C(=O)c1cccc(C(F)(F)F)c1. The zero-order valence-corrected chi connectivity index (χ0v) is 11.9. The quantitative estimate of drug-likeness (QED) is 0.455. The van der Waals surface area contributed by atoms with E-state index in [2.05, 4.69) is 4.74 Å². The lowest BCUT2D eigenvalue weighted by molar-refractivity contribution is -0.143. The molecule has 116 valence electrons. The molecule has 0 aromatic heterocycles.